The fraction of sp³-hybridized carbons (Fsp3) is 0.979. The number of ether oxygens (including phenoxy) is 8. The number of hydrogen-bond donors (Lipinski definition) is 9. The van der Waals surface area contributed by atoms with Crippen LogP contribution in [0.5, 0.6) is 0 Å². The Morgan fingerprint density at radius 2 is 1.33 bits per heavy atom. The van der Waals surface area contributed by atoms with E-state index < -0.39 is 121 Å². The number of carbonyl (C=O) groups excluding carboxylic acids is 1. The van der Waals surface area contributed by atoms with Gasteiger partial charge in [-0.25, -0.2) is 0 Å². The number of aliphatic hydroxyl groups is 9. The summed E-state index contributed by atoms with van der Waals surface area (Å²) < 4.78 is 50.5. The summed E-state index contributed by atoms with van der Waals surface area (Å²) in [5, 5.41) is 99.0. The van der Waals surface area contributed by atoms with E-state index in [-0.39, 0.29) is 58.7 Å². The molecule has 18 nitrogen and oxygen atoms in total. The van der Waals surface area contributed by atoms with Gasteiger partial charge < -0.3 is 83.9 Å². The molecule has 18 heteroatoms. The quantitative estimate of drug-likeness (QED) is 0.114. The molecule has 5 saturated carbocycles. The first-order valence-electron chi connectivity index (χ1n) is 24.5. The van der Waals surface area contributed by atoms with E-state index in [0.29, 0.717) is 25.7 Å². The fourth-order valence-corrected chi connectivity index (χ4v) is 16.3. The van der Waals surface area contributed by atoms with Gasteiger partial charge in [0, 0.05) is 12.8 Å². The standard InChI is InChI=1S/C48H78O18/c1-21-30(53)32(55)34(57)40(61-21)65-36-35(62-22(2)49)25(52)19-60-41(36)64-28-11-13-48-20-47(48)15-14-44(7)37(46(9)12-10-29(66-46)43(5,6)58)23(50)17-45(44,8)27(47)16-26(38(48)42(28,3)4)63-39-33(56)31(54)24(51)18-59-39/h21,23-41,50-58H,10-20H2,1-9H3/t21-,23-,24-,25-,26+,27+,28+,29+,30+,31+,32+,33-,34+,35+,36+,37-,38+,39+,40+,41+,44-,45+,46-,47+,48-/m1/s1. The van der Waals surface area contributed by atoms with Gasteiger partial charge in [-0.15, -0.1) is 0 Å². The van der Waals surface area contributed by atoms with Crippen molar-refractivity contribution in [3.8, 4) is 0 Å². The van der Waals surface area contributed by atoms with Crippen LogP contribution < -0.4 is 0 Å². The first-order chi connectivity index (χ1) is 30.7. The van der Waals surface area contributed by atoms with Crippen LogP contribution in [0, 0.1) is 44.8 Å². The maximum absolute atomic E-state index is 12.4. The highest BCUT2D eigenvalue weighted by Crippen LogP contribution is 2.89. The number of esters is 1. The molecule has 4 heterocycles. The Labute approximate surface area is 387 Å². The summed E-state index contributed by atoms with van der Waals surface area (Å²) >= 11 is 0. The molecule has 4 saturated heterocycles. The molecule has 0 aromatic carbocycles. The minimum atomic E-state index is -1.70. The summed E-state index contributed by atoms with van der Waals surface area (Å²) in [6.07, 6.45) is -13.6. The van der Waals surface area contributed by atoms with E-state index in [0.717, 1.165) is 32.1 Å². The van der Waals surface area contributed by atoms with Crippen molar-refractivity contribution in [1.29, 1.82) is 0 Å². The molecule has 0 aromatic rings. The Kier molecular flexibility index (Phi) is 12.6. The lowest BCUT2D eigenvalue weighted by atomic mass is 9.41. The fourth-order valence-electron chi connectivity index (χ4n) is 16.3. The van der Waals surface area contributed by atoms with E-state index in [9.17, 15) is 50.8 Å². The van der Waals surface area contributed by atoms with Crippen molar-refractivity contribution in [2.24, 2.45) is 44.8 Å². The summed E-state index contributed by atoms with van der Waals surface area (Å²) in [5.74, 6) is -1.03. The Balaban J connectivity index is 1.04. The van der Waals surface area contributed by atoms with E-state index in [4.69, 9.17) is 37.9 Å². The second-order valence-electron chi connectivity index (χ2n) is 24.0. The predicted molar refractivity (Wildman–Crippen MR) is 229 cm³/mol. The predicted octanol–water partition coefficient (Wildman–Crippen LogP) is 0.786. The first-order valence-corrected chi connectivity index (χ1v) is 24.5. The molecule has 4 aliphatic heterocycles. The van der Waals surface area contributed by atoms with Crippen LogP contribution in [0.1, 0.15) is 120 Å². The van der Waals surface area contributed by atoms with Crippen LogP contribution in [0.3, 0.4) is 0 Å². The molecule has 0 aromatic heterocycles. The average molecular weight is 943 g/mol. The molecular weight excluding hydrogens is 865 g/mol. The number of hydrogen-bond acceptors (Lipinski definition) is 18. The van der Waals surface area contributed by atoms with E-state index in [2.05, 4.69) is 34.6 Å². The van der Waals surface area contributed by atoms with Crippen molar-refractivity contribution >= 4 is 5.97 Å². The van der Waals surface area contributed by atoms with Crippen LogP contribution in [0.15, 0.2) is 0 Å². The maximum atomic E-state index is 12.4. The lowest BCUT2D eigenvalue weighted by molar-refractivity contribution is -0.366. The van der Waals surface area contributed by atoms with Gasteiger partial charge in [0.05, 0.1) is 54.9 Å². The molecule has 9 N–H and O–H groups in total. The van der Waals surface area contributed by atoms with Crippen LogP contribution in [0.4, 0.5) is 0 Å². The normalized spacial score (nSPS) is 56.7. The lowest BCUT2D eigenvalue weighted by Crippen LogP contribution is -2.65. The zero-order valence-electron chi connectivity index (χ0n) is 40.0. The lowest BCUT2D eigenvalue weighted by Gasteiger charge is -2.65. The summed E-state index contributed by atoms with van der Waals surface area (Å²) in [4.78, 5) is 12.4. The first kappa shape index (κ1) is 49.8. The van der Waals surface area contributed by atoms with Crippen LogP contribution in [-0.4, -0.2) is 181 Å². The molecule has 0 radical (unpaired) electrons. The van der Waals surface area contributed by atoms with Crippen molar-refractivity contribution in [2.45, 2.75) is 236 Å². The second-order valence-corrected chi connectivity index (χ2v) is 24.0. The molecule has 0 bridgehead atoms. The van der Waals surface area contributed by atoms with Crippen LogP contribution >= 0.6 is 0 Å². The monoisotopic (exact) mass is 943 g/mol. The summed E-state index contributed by atoms with van der Waals surface area (Å²) in [6.45, 7) is 16.8. The van der Waals surface area contributed by atoms with Crippen molar-refractivity contribution in [3.05, 3.63) is 0 Å². The van der Waals surface area contributed by atoms with E-state index in [1.807, 2.05) is 0 Å². The molecule has 9 rings (SSSR count). The molecule has 25 atom stereocenters. The Morgan fingerprint density at radius 1 is 0.667 bits per heavy atom. The number of aliphatic hydroxyl groups excluding tert-OH is 8. The highest BCUT2D eigenvalue weighted by molar-refractivity contribution is 5.66. The highest BCUT2D eigenvalue weighted by atomic mass is 16.8. The van der Waals surface area contributed by atoms with Crippen molar-refractivity contribution < 1.29 is 88.6 Å². The van der Waals surface area contributed by atoms with Gasteiger partial charge in [-0.1, -0.05) is 27.7 Å². The van der Waals surface area contributed by atoms with Gasteiger partial charge in [-0.3, -0.25) is 4.79 Å². The van der Waals surface area contributed by atoms with Gasteiger partial charge in [0.25, 0.3) is 0 Å². The Bertz CT molecular complexity index is 1810. The third-order valence-corrected chi connectivity index (χ3v) is 19.6. The molecule has 2 spiro atoms. The van der Waals surface area contributed by atoms with E-state index in [1.54, 1.807) is 13.8 Å². The number of fused-ring (bicyclic) bond motifs is 2. The average Bonchev–Trinajstić information content (AvgIpc) is 3.59. The SMILES string of the molecule is CC(=O)O[C@@H]1[C@H](O[C@@H]2O[C@H](C)[C@H](O)[C@H](O)[C@@H]2O)[C@H](O[C@H]2CC[C@]34C[C@]35CC[C@]3(C)[C@H]([C@@]6(C)CC[C@@H](C(C)(C)O)O6)[C@H](O)C[C@@]3(C)[C@@H]5C[C@H](O[C@@H]3OC[C@@H](O)[C@H](O)[C@H]3O)[C@H]4C2(C)C)OC[C@H]1O. The summed E-state index contributed by atoms with van der Waals surface area (Å²) in [7, 11) is 0. The molecule has 9 aliphatic rings. The van der Waals surface area contributed by atoms with Gasteiger partial charge in [0.2, 0.25) is 0 Å². The van der Waals surface area contributed by atoms with Crippen LogP contribution in [0.25, 0.3) is 0 Å². The molecule has 9 fully saturated rings. The molecule has 0 unspecified atom stereocenters. The third kappa shape index (κ3) is 7.43. The van der Waals surface area contributed by atoms with Gasteiger partial charge in [0.1, 0.15) is 42.7 Å². The molecule has 0 amide bonds. The molecule has 5 aliphatic carbocycles. The van der Waals surface area contributed by atoms with Crippen molar-refractivity contribution in [3.63, 3.8) is 0 Å². The number of carbonyl (C=O) groups is 1. The van der Waals surface area contributed by atoms with Gasteiger partial charge >= 0.3 is 5.97 Å². The second kappa shape index (κ2) is 16.7. The highest BCUT2D eigenvalue weighted by Gasteiger charge is 2.85. The Hall–Kier alpha value is -1.17. The van der Waals surface area contributed by atoms with Gasteiger partial charge in [-0.2, -0.15) is 0 Å². The maximum Gasteiger partial charge on any atom is 0.303 e. The van der Waals surface area contributed by atoms with E-state index in [1.165, 1.54) is 13.8 Å². The zero-order valence-corrected chi connectivity index (χ0v) is 40.0. The van der Waals surface area contributed by atoms with Crippen LogP contribution in [0.2, 0.25) is 0 Å². The van der Waals surface area contributed by atoms with Gasteiger partial charge in [-0.05, 0) is 124 Å². The summed E-state index contributed by atoms with van der Waals surface area (Å²) in [5.41, 5.74) is -3.49. The van der Waals surface area contributed by atoms with Crippen LogP contribution in [-0.2, 0) is 42.7 Å². The largest absolute Gasteiger partial charge is 0.457 e. The summed E-state index contributed by atoms with van der Waals surface area (Å²) in [6, 6.07) is 0. The smallest absolute Gasteiger partial charge is 0.303 e. The molecule has 66 heavy (non-hydrogen) atoms. The van der Waals surface area contributed by atoms with Crippen molar-refractivity contribution in [2.75, 3.05) is 13.2 Å². The minimum absolute atomic E-state index is 0.0767. The zero-order chi connectivity index (χ0) is 48.1. The van der Waals surface area contributed by atoms with E-state index >= 15 is 0 Å². The van der Waals surface area contributed by atoms with Gasteiger partial charge in [0.15, 0.2) is 31.1 Å². The third-order valence-electron chi connectivity index (χ3n) is 19.6. The number of rotatable bonds is 9. The Morgan fingerprint density at radius 3 is 2.00 bits per heavy atom. The minimum Gasteiger partial charge on any atom is -0.457 e. The molecular formula is C48H78O18. The van der Waals surface area contributed by atoms with Crippen molar-refractivity contribution in [1.82, 2.24) is 0 Å². The topological polar surface area (TPSA) is 273 Å². The molecule has 378 valence electrons.